The number of benzene rings is 1. The van der Waals surface area contributed by atoms with E-state index in [1.807, 2.05) is 13.8 Å². The molecule has 1 rings (SSSR count). The van der Waals surface area contributed by atoms with Gasteiger partial charge in [-0.1, -0.05) is 31.5 Å². The molecule has 0 aromatic heterocycles. The third kappa shape index (κ3) is 2.44. The molecular weight excluding hydrogens is 205 g/mol. The molecule has 0 spiro atoms. The molecule has 2 nitrogen and oxygen atoms in total. The summed E-state index contributed by atoms with van der Waals surface area (Å²) in [5.41, 5.74) is 0.491. The van der Waals surface area contributed by atoms with Crippen molar-refractivity contribution >= 4 is 11.6 Å². The second kappa shape index (κ2) is 4.26. The van der Waals surface area contributed by atoms with Crippen LogP contribution in [0.15, 0.2) is 18.2 Å². The van der Waals surface area contributed by atoms with Crippen LogP contribution in [0.3, 0.4) is 0 Å². The SMILES string of the molecule is CC(C)(CON)c1ccc(Cl)c(F)c1. The number of nitrogens with two attached hydrogens (primary N) is 1. The Morgan fingerprint density at radius 3 is 2.64 bits per heavy atom. The molecule has 0 aliphatic heterocycles. The van der Waals surface area contributed by atoms with Crippen LogP contribution < -0.4 is 5.90 Å². The van der Waals surface area contributed by atoms with Crippen molar-refractivity contribution in [1.82, 2.24) is 0 Å². The Kier molecular flexibility index (Phi) is 3.48. The Morgan fingerprint density at radius 1 is 1.50 bits per heavy atom. The zero-order valence-electron chi connectivity index (χ0n) is 8.18. The molecule has 0 atom stereocenters. The molecule has 0 heterocycles. The quantitative estimate of drug-likeness (QED) is 0.790. The Hall–Kier alpha value is -0.640. The second-order valence-electron chi connectivity index (χ2n) is 3.82. The maximum Gasteiger partial charge on any atom is 0.142 e. The van der Waals surface area contributed by atoms with Crippen molar-refractivity contribution in [2.75, 3.05) is 6.61 Å². The highest BCUT2D eigenvalue weighted by Crippen LogP contribution is 2.26. The highest BCUT2D eigenvalue weighted by molar-refractivity contribution is 6.30. The third-order valence-electron chi connectivity index (χ3n) is 2.15. The van der Waals surface area contributed by atoms with Gasteiger partial charge in [0.1, 0.15) is 5.82 Å². The number of rotatable bonds is 3. The number of hydrogen-bond acceptors (Lipinski definition) is 2. The lowest BCUT2D eigenvalue weighted by Gasteiger charge is -2.23. The van der Waals surface area contributed by atoms with E-state index < -0.39 is 5.82 Å². The molecule has 0 bridgehead atoms. The molecule has 0 unspecified atom stereocenters. The summed E-state index contributed by atoms with van der Waals surface area (Å²) in [7, 11) is 0. The van der Waals surface area contributed by atoms with E-state index in [-0.39, 0.29) is 10.4 Å². The summed E-state index contributed by atoms with van der Waals surface area (Å²) in [6, 6.07) is 4.70. The summed E-state index contributed by atoms with van der Waals surface area (Å²) >= 11 is 5.58. The lowest BCUT2D eigenvalue weighted by Crippen LogP contribution is -2.26. The number of halogens is 2. The normalized spacial score (nSPS) is 11.8. The first-order valence-corrected chi connectivity index (χ1v) is 4.62. The summed E-state index contributed by atoms with van der Waals surface area (Å²) < 4.78 is 13.1. The first kappa shape index (κ1) is 11.4. The molecule has 2 N–H and O–H groups in total. The summed E-state index contributed by atoms with van der Waals surface area (Å²) in [5.74, 6) is 4.58. The smallest absolute Gasteiger partial charge is 0.142 e. The average molecular weight is 218 g/mol. The van der Waals surface area contributed by atoms with Crippen LogP contribution in [-0.4, -0.2) is 6.61 Å². The van der Waals surface area contributed by atoms with Crippen molar-refractivity contribution in [3.05, 3.63) is 34.6 Å². The van der Waals surface area contributed by atoms with E-state index >= 15 is 0 Å². The predicted molar refractivity (Wildman–Crippen MR) is 54.6 cm³/mol. The van der Waals surface area contributed by atoms with Crippen LogP contribution in [-0.2, 0) is 10.3 Å². The Labute approximate surface area is 87.8 Å². The van der Waals surface area contributed by atoms with Crippen molar-refractivity contribution in [1.29, 1.82) is 0 Å². The fourth-order valence-corrected chi connectivity index (χ4v) is 1.33. The molecule has 0 fully saturated rings. The van der Waals surface area contributed by atoms with Gasteiger partial charge in [-0.3, -0.25) is 0 Å². The van der Waals surface area contributed by atoms with E-state index in [2.05, 4.69) is 4.84 Å². The minimum Gasteiger partial charge on any atom is -0.304 e. The molecule has 78 valence electrons. The molecule has 0 amide bonds. The van der Waals surface area contributed by atoms with Crippen LogP contribution in [0.1, 0.15) is 19.4 Å². The number of hydrogen-bond donors (Lipinski definition) is 1. The van der Waals surface area contributed by atoms with Crippen LogP contribution in [0.25, 0.3) is 0 Å². The van der Waals surface area contributed by atoms with Crippen molar-refractivity contribution in [2.45, 2.75) is 19.3 Å². The molecule has 1 aromatic carbocycles. The van der Waals surface area contributed by atoms with Gasteiger partial charge in [0.2, 0.25) is 0 Å². The van der Waals surface area contributed by atoms with Crippen LogP contribution in [0.4, 0.5) is 4.39 Å². The molecule has 0 radical (unpaired) electrons. The van der Waals surface area contributed by atoms with E-state index in [1.165, 1.54) is 12.1 Å². The van der Waals surface area contributed by atoms with Crippen LogP contribution >= 0.6 is 11.6 Å². The fourth-order valence-electron chi connectivity index (χ4n) is 1.21. The van der Waals surface area contributed by atoms with E-state index in [0.29, 0.717) is 6.61 Å². The summed E-state index contributed by atoms with van der Waals surface area (Å²) in [6.45, 7) is 4.17. The lowest BCUT2D eigenvalue weighted by atomic mass is 9.86. The predicted octanol–water partition coefficient (Wildman–Crippen LogP) is 2.65. The minimum atomic E-state index is -0.422. The highest BCUT2D eigenvalue weighted by Gasteiger charge is 2.21. The van der Waals surface area contributed by atoms with Gasteiger partial charge >= 0.3 is 0 Å². The van der Waals surface area contributed by atoms with Crippen molar-refractivity contribution in [2.24, 2.45) is 5.90 Å². The van der Waals surface area contributed by atoms with Crippen LogP contribution in [0, 0.1) is 5.82 Å². The Bertz CT molecular complexity index is 328. The molecule has 0 saturated heterocycles. The fraction of sp³-hybridized carbons (Fsp3) is 0.400. The van der Waals surface area contributed by atoms with E-state index in [1.54, 1.807) is 6.07 Å². The van der Waals surface area contributed by atoms with Gasteiger partial charge < -0.3 is 4.84 Å². The Morgan fingerprint density at radius 2 is 2.14 bits per heavy atom. The zero-order chi connectivity index (χ0) is 10.8. The maximum atomic E-state index is 13.1. The molecule has 0 aliphatic rings. The summed E-state index contributed by atoms with van der Waals surface area (Å²) in [6.07, 6.45) is 0. The summed E-state index contributed by atoms with van der Waals surface area (Å²) in [5, 5.41) is 0.123. The van der Waals surface area contributed by atoms with Gasteiger partial charge in [-0.15, -0.1) is 0 Å². The first-order chi connectivity index (χ1) is 6.47. The standard InChI is InChI=1S/C10H13ClFNO/c1-10(2,6-14-13)7-3-4-8(11)9(12)5-7/h3-5H,6,13H2,1-2H3. The second-order valence-corrected chi connectivity index (χ2v) is 4.23. The van der Waals surface area contributed by atoms with Crippen molar-refractivity contribution in [3.8, 4) is 0 Å². The minimum absolute atomic E-state index is 0.123. The molecule has 1 aromatic rings. The van der Waals surface area contributed by atoms with Crippen molar-refractivity contribution < 1.29 is 9.23 Å². The first-order valence-electron chi connectivity index (χ1n) is 4.24. The highest BCUT2D eigenvalue weighted by atomic mass is 35.5. The topological polar surface area (TPSA) is 35.2 Å². The van der Waals surface area contributed by atoms with Crippen molar-refractivity contribution in [3.63, 3.8) is 0 Å². The third-order valence-corrected chi connectivity index (χ3v) is 2.45. The van der Waals surface area contributed by atoms with Gasteiger partial charge in [0.15, 0.2) is 0 Å². The van der Waals surface area contributed by atoms with Gasteiger partial charge in [-0.25, -0.2) is 10.3 Å². The molecule has 0 aliphatic carbocycles. The molecule has 4 heteroatoms. The molecule has 14 heavy (non-hydrogen) atoms. The van der Waals surface area contributed by atoms with Crippen LogP contribution in [0.5, 0.6) is 0 Å². The zero-order valence-corrected chi connectivity index (χ0v) is 8.94. The molecule has 0 saturated carbocycles. The van der Waals surface area contributed by atoms with Crippen LogP contribution in [0.2, 0.25) is 5.02 Å². The van der Waals surface area contributed by atoms with Gasteiger partial charge in [-0.05, 0) is 17.7 Å². The average Bonchev–Trinajstić information content (AvgIpc) is 2.09. The van der Waals surface area contributed by atoms with E-state index in [0.717, 1.165) is 5.56 Å². The largest absolute Gasteiger partial charge is 0.304 e. The van der Waals surface area contributed by atoms with Gasteiger partial charge in [0.05, 0.1) is 11.6 Å². The lowest BCUT2D eigenvalue weighted by molar-refractivity contribution is 0.0963. The monoisotopic (exact) mass is 217 g/mol. The van der Waals surface area contributed by atoms with Gasteiger partial charge in [0.25, 0.3) is 0 Å². The maximum absolute atomic E-state index is 13.1. The summed E-state index contributed by atoms with van der Waals surface area (Å²) in [4.78, 5) is 4.58. The molecular formula is C10H13ClFNO. The van der Waals surface area contributed by atoms with E-state index in [4.69, 9.17) is 17.5 Å². The Balaban J connectivity index is 3.01. The van der Waals surface area contributed by atoms with E-state index in [9.17, 15) is 4.39 Å². The van der Waals surface area contributed by atoms with Gasteiger partial charge in [0, 0.05) is 5.41 Å². The van der Waals surface area contributed by atoms with Gasteiger partial charge in [-0.2, -0.15) is 0 Å².